The maximum atomic E-state index is 12.9. The van der Waals surface area contributed by atoms with Crippen LogP contribution in [0.2, 0.25) is 0 Å². The quantitative estimate of drug-likeness (QED) is 0.903. The highest BCUT2D eigenvalue weighted by Gasteiger charge is 2.30. The highest BCUT2D eigenvalue weighted by atomic mass is 19.1. The summed E-state index contributed by atoms with van der Waals surface area (Å²) in [6.45, 7) is 3.44. The zero-order valence-electron chi connectivity index (χ0n) is 11.4. The summed E-state index contributed by atoms with van der Waals surface area (Å²) in [5.41, 5.74) is 7.42. The first-order valence-corrected chi connectivity index (χ1v) is 7.41. The van der Waals surface area contributed by atoms with Gasteiger partial charge in [-0.25, -0.2) is 4.39 Å². The third-order valence-corrected chi connectivity index (χ3v) is 4.30. The summed E-state index contributed by atoms with van der Waals surface area (Å²) in [7, 11) is 0. The van der Waals surface area contributed by atoms with Gasteiger partial charge in [0.1, 0.15) is 5.82 Å². The van der Waals surface area contributed by atoms with Crippen LogP contribution in [0.3, 0.4) is 0 Å². The molecule has 1 aliphatic carbocycles. The zero-order chi connectivity index (χ0) is 13.2. The molecule has 3 heteroatoms. The van der Waals surface area contributed by atoms with Gasteiger partial charge in [-0.05, 0) is 55.2 Å². The van der Waals surface area contributed by atoms with E-state index in [-0.39, 0.29) is 5.82 Å². The number of benzene rings is 1. The predicted octanol–water partition coefficient (Wildman–Crippen LogP) is 2.43. The number of nitrogens with zero attached hydrogens (tertiary/aromatic N) is 1. The van der Waals surface area contributed by atoms with Gasteiger partial charge in [0.2, 0.25) is 0 Å². The fourth-order valence-corrected chi connectivity index (χ4v) is 3.26. The minimum atomic E-state index is -0.153. The summed E-state index contributed by atoms with van der Waals surface area (Å²) < 4.78 is 12.9. The molecule has 0 amide bonds. The van der Waals surface area contributed by atoms with Crippen LogP contribution in [0, 0.1) is 17.7 Å². The molecule has 2 aliphatic rings. The molecule has 1 aromatic rings. The van der Waals surface area contributed by atoms with Crippen LogP contribution in [0.15, 0.2) is 24.3 Å². The summed E-state index contributed by atoms with van der Waals surface area (Å²) in [6, 6.07) is 7.22. The van der Waals surface area contributed by atoms with Crippen molar-refractivity contribution in [3.8, 4) is 0 Å². The third kappa shape index (κ3) is 3.77. The Kier molecular flexibility index (Phi) is 3.85. The second-order valence-corrected chi connectivity index (χ2v) is 6.35. The highest BCUT2D eigenvalue weighted by molar-refractivity contribution is 5.17. The Hall–Kier alpha value is -0.930. The maximum absolute atomic E-state index is 12.9. The first-order chi connectivity index (χ1) is 9.19. The fourth-order valence-electron chi connectivity index (χ4n) is 3.26. The molecule has 0 spiro atoms. The SMILES string of the molecule is NC1CC(Cc2ccc(F)cc2)CN(CC2CC2)C1. The Morgan fingerprint density at radius 2 is 1.84 bits per heavy atom. The van der Waals surface area contributed by atoms with Crippen molar-refractivity contribution >= 4 is 0 Å². The molecule has 2 nitrogen and oxygen atoms in total. The van der Waals surface area contributed by atoms with Crippen LogP contribution in [-0.4, -0.2) is 30.6 Å². The molecule has 19 heavy (non-hydrogen) atoms. The van der Waals surface area contributed by atoms with Crippen molar-refractivity contribution < 1.29 is 4.39 Å². The average molecular weight is 262 g/mol. The lowest BCUT2D eigenvalue weighted by molar-refractivity contribution is 0.150. The van der Waals surface area contributed by atoms with Crippen molar-refractivity contribution in [2.24, 2.45) is 17.6 Å². The van der Waals surface area contributed by atoms with Gasteiger partial charge in [0.05, 0.1) is 0 Å². The van der Waals surface area contributed by atoms with E-state index in [1.807, 2.05) is 12.1 Å². The van der Waals surface area contributed by atoms with Crippen molar-refractivity contribution in [1.29, 1.82) is 0 Å². The third-order valence-electron chi connectivity index (χ3n) is 4.30. The molecule has 3 rings (SSSR count). The molecule has 104 valence electrons. The normalized spacial score (nSPS) is 28.5. The van der Waals surface area contributed by atoms with E-state index in [9.17, 15) is 4.39 Å². The van der Waals surface area contributed by atoms with Crippen LogP contribution >= 0.6 is 0 Å². The molecule has 1 aliphatic heterocycles. The molecule has 0 aromatic heterocycles. The van der Waals surface area contributed by atoms with Gasteiger partial charge >= 0.3 is 0 Å². The van der Waals surface area contributed by atoms with Crippen LogP contribution in [0.5, 0.6) is 0 Å². The van der Waals surface area contributed by atoms with Gasteiger partial charge in [0, 0.05) is 25.7 Å². The zero-order valence-corrected chi connectivity index (χ0v) is 11.4. The van der Waals surface area contributed by atoms with E-state index in [0.29, 0.717) is 12.0 Å². The van der Waals surface area contributed by atoms with E-state index < -0.39 is 0 Å². The average Bonchev–Trinajstić information content (AvgIpc) is 3.15. The lowest BCUT2D eigenvalue weighted by Gasteiger charge is -2.36. The topological polar surface area (TPSA) is 29.3 Å². The largest absolute Gasteiger partial charge is 0.327 e. The van der Waals surface area contributed by atoms with E-state index in [1.54, 1.807) is 12.1 Å². The summed E-state index contributed by atoms with van der Waals surface area (Å²) in [4.78, 5) is 2.54. The smallest absolute Gasteiger partial charge is 0.123 e. The second-order valence-electron chi connectivity index (χ2n) is 6.35. The standard InChI is InChI=1S/C16H23FN2/c17-15-5-3-12(4-6-15)7-14-8-16(18)11-19(10-14)9-13-1-2-13/h3-6,13-14,16H,1-2,7-11,18H2. The number of hydrogen-bond acceptors (Lipinski definition) is 2. The maximum Gasteiger partial charge on any atom is 0.123 e. The van der Waals surface area contributed by atoms with Crippen molar-refractivity contribution in [3.63, 3.8) is 0 Å². The first-order valence-electron chi connectivity index (χ1n) is 7.41. The van der Waals surface area contributed by atoms with Crippen molar-refractivity contribution in [1.82, 2.24) is 4.90 Å². The van der Waals surface area contributed by atoms with Crippen LogP contribution < -0.4 is 5.73 Å². The molecule has 1 saturated heterocycles. The van der Waals surface area contributed by atoms with Gasteiger partial charge in [-0.1, -0.05) is 12.1 Å². The molecule has 1 saturated carbocycles. The van der Waals surface area contributed by atoms with Crippen LogP contribution in [0.4, 0.5) is 4.39 Å². The minimum Gasteiger partial charge on any atom is -0.327 e. The molecular formula is C16H23FN2. The van der Waals surface area contributed by atoms with Gasteiger partial charge in [0.15, 0.2) is 0 Å². The van der Waals surface area contributed by atoms with Gasteiger partial charge in [-0.2, -0.15) is 0 Å². The second kappa shape index (κ2) is 5.59. The minimum absolute atomic E-state index is 0.153. The Balaban J connectivity index is 1.57. The Labute approximate surface area is 114 Å². The molecule has 2 atom stereocenters. The van der Waals surface area contributed by atoms with Crippen LogP contribution in [0.25, 0.3) is 0 Å². The number of hydrogen-bond donors (Lipinski definition) is 1. The lowest BCUT2D eigenvalue weighted by Crippen LogP contribution is -2.48. The number of nitrogens with two attached hydrogens (primary N) is 1. The number of likely N-dealkylation sites (tertiary alicyclic amines) is 1. The van der Waals surface area contributed by atoms with E-state index >= 15 is 0 Å². The van der Waals surface area contributed by atoms with E-state index in [4.69, 9.17) is 5.73 Å². The molecule has 0 bridgehead atoms. The van der Waals surface area contributed by atoms with E-state index in [2.05, 4.69) is 4.90 Å². The summed E-state index contributed by atoms with van der Waals surface area (Å²) in [5.74, 6) is 1.39. The molecule has 1 aromatic carbocycles. The van der Waals surface area contributed by atoms with Crippen LogP contribution in [-0.2, 0) is 6.42 Å². The van der Waals surface area contributed by atoms with Gasteiger partial charge in [-0.15, -0.1) is 0 Å². The van der Waals surface area contributed by atoms with E-state index in [0.717, 1.165) is 31.8 Å². The molecule has 2 N–H and O–H groups in total. The monoisotopic (exact) mass is 262 g/mol. The van der Waals surface area contributed by atoms with E-state index in [1.165, 1.54) is 24.9 Å². The number of piperidine rings is 1. The summed E-state index contributed by atoms with van der Waals surface area (Å²) in [6.07, 6.45) is 4.91. The molecule has 2 fully saturated rings. The Morgan fingerprint density at radius 3 is 2.53 bits per heavy atom. The van der Waals surface area contributed by atoms with Crippen molar-refractivity contribution in [3.05, 3.63) is 35.6 Å². The lowest BCUT2D eigenvalue weighted by atomic mass is 9.89. The fraction of sp³-hybridized carbons (Fsp3) is 0.625. The molecule has 2 unspecified atom stereocenters. The molecular weight excluding hydrogens is 239 g/mol. The van der Waals surface area contributed by atoms with Gasteiger partial charge in [-0.3, -0.25) is 0 Å². The predicted molar refractivity (Wildman–Crippen MR) is 75.4 cm³/mol. The highest BCUT2D eigenvalue weighted by Crippen LogP contribution is 2.31. The number of rotatable bonds is 4. The van der Waals surface area contributed by atoms with Gasteiger partial charge in [0.25, 0.3) is 0 Å². The van der Waals surface area contributed by atoms with Crippen molar-refractivity contribution in [2.45, 2.75) is 31.7 Å². The number of halogens is 1. The first kappa shape index (κ1) is 13.1. The summed E-state index contributed by atoms with van der Waals surface area (Å²) >= 11 is 0. The Bertz CT molecular complexity index is 411. The molecule has 0 radical (unpaired) electrons. The van der Waals surface area contributed by atoms with Gasteiger partial charge < -0.3 is 10.6 Å². The van der Waals surface area contributed by atoms with Crippen LogP contribution in [0.1, 0.15) is 24.8 Å². The summed E-state index contributed by atoms with van der Waals surface area (Å²) in [5, 5.41) is 0. The van der Waals surface area contributed by atoms with Crippen molar-refractivity contribution in [2.75, 3.05) is 19.6 Å². The Morgan fingerprint density at radius 1 is 1.11 bits per heavy atom. The molecule has 1 heterocycles.